The van der Waals surface area contributed by atoms with E-state index < -0.39 is 5.97 Å². The van der Waals surface area contributed by atoms with E-state index in [1.807, 2.05) is 54.6 Å². The van der Waals surface area contributed by atoms with Crippen LogP contribution in [0.3, 0.4) is 0 Å². The summed E-state index contributed by atoms with van der Waals surface area (Å²) in [5.74, 6) is -0.0101. The molecule has 0 radical (unpaired) electrons. The van der Waals surface area contributed by atoms with Gasteiger partial charge < -0.3 is 15.2 Å². The number of carboxylic acids is 1. The molecule has 0 aliphatic heterocycles. The lowest BCUT2D eigenvalue weighted by Crippen LogP contribution is -2.15. The number of para-hydroxylation sites is 2. The van der Waals surface area contributed by atoms with Crippen molar-refractivity contribution in [1.29, 1.82) is 0 Å². The summed E-state index contributed by atoms with van der Waals surface area (Å²) < 4.78 is 5.74. The Morgan fingerprint density at radius 1 is 0.857 bits per heavy atom. The van der Waals surface area contributed by atoms with Gasteiger partial charge in [0.25, 0.3) is 5.91 Å². The van der Waals surface area contributed by atoms with Crippen molar-refractivity contribution in [2.45, 2.75) is 6.92 Å². The van der Waals surface area contributed by atoms with Gasteiger partial charge in [0.05, 0.1) is 11.3 Å². The average Bonchev–Trinajstić information content (AvgIpc) is 2.70. The summed E-state index contributed by atoms with van der Waals surface area (Å²) in [5, 5.41) is 11.8. The van der Waals surface area contributed by atoms with Crippen LogP contribution < -0.4 is 10.1 Å². The number of nitrogens with one attached hydrogen (secondary N) is 1. The van der Waals surface area contributed by atoms with Crippen LogP contribution in [0, 0.1) is 0 Å². The number of amides is 1. The molecule has 0 fully saturated rings. The van der Waals surface area contributed by atoms with E-state index in [1.54, 1.807) is 31.2 Å². The first-order chi connectivity index (χ1) is 13.5. The molecule has 5 nitrogen and oxygen atoms in total. The second kappa shape index (κ2) is 8.68. The third kappa shape index (κ3) is 4.86. The maximum absolute atomic E-state index is 12.4. The first kappa shape index (κ1) is 18.9. The number of aromatic carboxylic acids is 1. The smallest absolute Gasteiger partial charge is 0.337 e. The van der Waals surface area contributed by atoms with Gasteiger partial charge in [-0.2, -0.15) is 0 Å². The van der Waals surface area contributed by atoms with E-state index in [0.717, 1.165) is 11.3 Å². The van der Waals surface area contributed by atoms with Crippen molar-refractivity contribution in [2.75, 3.05) is 5.32 Å². The van der Waals surface area contributed by atoms with Gasteiger partial charge in [-0.1, -0.05) is 42.5 Å². The lowest BCUT2D eigenvalue weighted by molar-refractivity contribution is -0.112. The molecule has 3 rings (SSSR count). The number of benzene rings is 3. The largest absolute Gasteiger partial charge is 0.478 e. The molecule has 0 aliphatic carbocycles. The molecule has 0 unspecified atom stereocenters. The summed E-state index contributed by atoms with van der Waals surface area (Å²) >= 11 is 0. The zero-order valence-corrected chi connectivity index (χ0v) is 15.3. The third-order valence-corrected chi connectivity index (χ3v) is 4.01. The Morgan fingerprint density at radius 3 is 2.14 bits per heavy atom. The molecule has 0 saturated heterocycles. The molecule has 5 heteroatoms. The molecule has 3 aromatic carbocycles. The molecular formula is C23H19NO4. The summed E-state index contributed by atoms with van der Waals surface area (Å²) in [6, 6.07) is 23.1. The molecule has 3 aromatic rings. The molecule has 0 spiro atoms. The van der Waals surface area contributed by atoms with Crippen LogP contribution in [-0.4, -0.2) is 17.0 Å². The molecule has 0 heterocycles. The molecule has 2 N–H and O–H groups in total. The number of carbonyl (C=O) groups excluding carboxylic acids is 1. The Hall–Kier alpha value is -3.86. The SMILES string of the molecule is CC(=Cc1ccc(Oc2ccccc2)cc1)C(=O)Nc1ccccc1C(=O)O. The molecule has 1 amide bonds. The minimum atomic E-state index is -1.09. The molecule has 0 saturated carbocycles. The van der Waals surface area contributed by atoms with Crippen LogP contribution in [0.2, 0.25) is 0 Å². The van der Waals surface area contributed by atoms with Crippen LogP contribution in [0.1, 0.15) is 22.8 Å². The molecule has 140 valence electrons. The van der Waals surface area contributed by atoms with Gasteiger partial charge in [-0.3, -0.25) is 4.79 Å². The van der Waals surface area contributed by atoms with Gasteiger partial charge in [0.2, 0.25) is 0 Å². The van der Waals surface area contributed by atoms with Crippen molar-refractivity contribution in [2.24, 2.45) is 0 Å². The highest BCUT2D eigenvalue weighted by molar-refractivity contribution is 6.09. The first-order valence-corrected chi connectivity index (χ1v) is 8.68. The number of ether oxygens (including phenoxy) is 1. The predicted molar refractivity (Wildman–Crippen MR) is 109 cm³/mol. The Kier molecular flexibility index (Phi) is 5.87. The van der Waals surface area contributed by atoms with Crippen molar-refractivity contribution >= 4 is 23.6 Å². The van der Waals surface area contributed by atoms with Crippen molar-refractivity contribution in [3.63, 3.8) is 0 Å². The Morgan fingerprint density at radius 2 is 1.46 bits per heavy atom. The minimum Gasteiger partial charge on any atom is -0.478 e. The number of hydrogen-bond acceptors (Lipinski definition) is 3. The van der Waals surface area contributed by atoms with E-state index in [4.69, 9.17) is 4.74 Å². The maximum Gasteiger partial charge on any atom is 0.337 e. The number of carboxylic acid groups (broad SMARTS) is 1. The quantitative estimate of drug-likeness (QED) is 0.581. The highest BCUT2D eigenvalue weighted by atomic mass is 16.5. The standard InChI is InChI=1S/C23H19NO4/c1-16(22(25)24-21-10-6-5-9-20(21)23(26)27)15-17-11-13-19(14-12-17)28-18-7-3-2-4-8-18/h2-15H,1H3,(H,24,25)(H,26,27). The highest BCUT2D eigenvalue weighted by Crippen LogP contribution is 2.22. The van der Waals surface area contributed by atoms with Gasteiger partial charge >= 0.3 is 5.97 Å². The summed E-state index contributed by atoms with van der Waals surface area (Å²) in [6.45, 7) is 1.67. The highest BCUT2D eigenvalue weighted by Gasteiger charge is 2.12. The summed E-state index contributed by atoms with van der Waals surface area (Å²) in [5.41, 5.74) is 1.60. The second-order valence-electron chi connectivity index (χ2n) is 6.12. The maximum atomic E-state index is 12.4. The van der Waals surface area contributed by atoms with Gasteiger partial charge in [-0.05, 0) is 55.0 Å². The molecule has 0 bridgehead atoms. The van der Waals surface area contributed by atoms with Crippen LogP contribution in [0.4, 0.5) is 5.69 Å². The van der Waals surface area contributed by atoms with E-state index in [9.17, 15) is 14.7 Å². The van der Waals surface area contributed by atoms with E-state index in [2.05, 4.69) is 5.32 Å². The van der Waals surface area contributed by atoms with Crippen LogP contribution in [-0.2, 0) is 4.79 Å². The van der Waals surface area contributed by atoms with Crippen LogP contribution in [0.25, 0.3) is 6.08 Å². The monoisotopic (exact) mass is 373 g/mol. The third-order valence-electron chi connectivity index (χ3n) is 4.01. The van der Waals surface area contributed by atoms with Gasteiger partial charge in [0.1, 0.15) is 11.5 Å². The van der Waals surface area contributed by atoms with Gasteiger partial charge in [0.15, 0.2) is 0 Å². The molecule has 0 atom stereocenters. The molecule has 0 aromatic heterocycles. The lowest BCUT2D eigenvalue weighted by atomic mass is 10.1. The molecular weight excluding hydrogens is 354 g/mol. The normalized spacial score (nSPS) is 11.0. The minimum absolute atomic E-state index is 0.0473. The predicted octanol–water partition coefficient (Wildman–Crippen LogP) is 5.22. The summed E-state index contributed by atoms with van der Waals surface area (Å²) in [6.07, 6.45) is 1.73. The van der Waals surface area contributed by atoms with Crippen LogP contribution in [0.5, 0.6) is 11.5 Å². The van der Waals surface area contributed by atoms with Crippen LogP contribution in [0.15, 0.2) is 84.4 Å². The Bertz CT molecular complexity index is 1010. The topological polar surface area (TPSA) is 75.6 Å². The van der Waals surface area contributed by atoms with E-state index in [1.165, 1.54) is 6.07 Å². The van der Waals surface area contributed by atoms with E-state index in [-0.39, 0.29) is 17.2 Å². The second-order valence-corrected chi connectivity index (χ2v) is 6.12. The number of anilines is 1. The number of hydrogen-bond donors (Lipinski definition) is 2. The Labute approximate surface area is 162 Å². The van der Waals surface area contributed by atoms with Gasteiger partial charge in [0, 0.05) is 5.57 Å². The fourth-order valence-electron chi connectivity index (χ4n) is 2.57. The van der Waals surface area contributed by atoms with Crippen molar-refractivity contribution in [1.82, 2.24) is 0 Å². The zero-order valence-electron chi connectivity index (χ0n) is 15.3. The fourth-order valence-corrected chi connectivity index (χ4v) is 2.57. The van der Waals surface area contributed by atoms with E-state index >= 15 is 0 Å². The molecule has 0 aliphatic rings. The van der Waals surface area contributed by atoms with Crippen molar-refractivity contribution in [3.8, 4) is 11.5 Å². The average molecular weight is 373 g/mol. The van der Waals surface area contributed by atoms with Crippen molar-refractivity contribution in [3.05, 3.63) is 95.6 Å². The van der Waals surface area contributed by atoms with Crippen molar-refractivity contribution < 1.29 is 19.4 Å². The fraction of sp³-hybridized carbons (Fsp3) is 0.0435. The van der Waals surface area contributed by atoms with Gasteiger partial charge in [-0.15, -0.1) is 0 Å². The molecule has 28 heavy (non-hydrogen) atoms. The summed E-state index contributed by atoms with van der Waals surface area (Å²) in [7, 11) is 0. The first-order valence-electron chi connectivity index (χ1n) is 8.68. The zero-order chi connectivity index (χ0) is 19.9. The lowest BCUT2D eigenvalue weighted by Gasteiger charge is -2.09. The van der Waals surface area contributed by atoms with Gasteiger partial charge in [-0.25, -0.2) is 4.79 Å². The van der Waals surface area contributed by atoms with E-state index in [0.29, 0.717) is 11.3 Å². The van der Waals surface area contributed by atoms with Crippen LogP contribution >= 0.6 is 0 Å². The number of carbonyl (C=O) groups is 2. The summed E-state index contributed by atoms with van der Waals surface area (Å²) in [4.78, 5) is 23.7. The Balaban J connectivity index is 1.69. The number of rotatable bonds is 6.